The van der Waals surface area contributed by atoms with E-state index in [1.165, 1.54) is 17.2 Å². The first-order valence-electron chi connectivity index (χ1n) is 11.0. The van der Waals surface area contributed by atoms with Gasteiger partial charge in [0.1, 0.15) is 0 Å². The van der Waals surface area contributed by atoms with E-state index >= 15 is 0 Å². The van der Waals surface area contributed by atoms with Crippen LogP contribution < -0.4 is 0 Å². The van der Waals surface area contributed by atoms with Gasteiger partial charge in [-0.3, -0.25) is 10.2 Å². The summed E-state index contributed by atoms with van der Waals surface area (Å²) in [5.41, 5.74) is 5.09. The molecule has 4 aliphatic rings. The Balaban J connectivity index is 0.000000136. The molecule has 2 saturated carbocycles. The summed E-state index contributed by atoms with van der Waals surface area (Å²) in [5.74, 6) is 5.32. The average molecular weight is 477 g/mol. The molecule has 2 heterocycles. The van der Waals surface area contributed by atoms with Crippen LogP contribution in [0.25, 0.3) is 0 Å². The summed E-state index contributed by atoms with van der Waals surface area (Å²) in [6, 6.07) is 0. The third-order valence-corrected chi connectivity index (χ3v) is 8.83. The van der Waals surface area contributed by atoms with Gasteiger partial charge in [0.2, 0.25) is 0 Å². The van der Waals surface area contributed by atoms with E-state index in [0.29, 0.717) is 30.1 Å². The molecule has 2 fully saturated rings. The Hall–Kier alpha value is -1.94. The molecule has 172 valence electrons. The second-order valence-corrected chi connectivity index (χ2v) is 10.8. The maximum atomic E-state index is 11.7. The minimum Gasteiger partial charge on any atom is -0.476 e. The molecule has 3 N–H and O–H groups in total. The van der Waals surface area contributed by atoms with Gasteiger partial charge in [-0.15, -0.1) is 0 Å². The van der Waals surface area contributed by atoms with Crippen LogP contribution in [0.1, 0.15) is 62.3 Å². The van der Waals surface area contributed by atoms with Crippen LogP contribution in [0.3, 0.4) is 0 Å². The molecule has 0 bridgehead atoms. The van der Waals surface area contributed by atoms with Crippen LogP contribution in [-0.2, 0) is 17.6 Å². The van der Waals surface area contributed by atoms with Gasteiger partial charge in [0.05, 0.1) is 6.61 Å². The summed E-state index contributed by atoms with van der Waals surface area (Å²) < 4.78 is 5.01. The number of aromatic nitrogens is 4. The van der Waals surface area contributed by atoms with Gasteiger partial charge in [-0.2, -0.15) is 33.7 Å². The molecule has 0 radical (unpaired) electrons. The van der Waals surface area contributed by atoms with E-state index in [1.54, 1.807) is 0 Å². The fraction of sp³-hybridized carbons (Fsp3) is 0.636. The minimum absolute atomic E-state index is 0.236. The molecular formula is C22H28N4O4S2. The molecule has 8 nitrogen and oxygen atoms in total. The number of hydrogen-bond donors (Lipinski definition) is 3. The van der Waals surface area contributed by atoms with Gasteiger partial charge in [0.15, 0.2) is 11.4 Å². The molecule has 0 unspecified atom stereocenters. The fourth-order valence-corrected chi connectivity index (χ4v) is 7.56. The highest BCUT2D eigenvalue weighted by Gasteiger charge is 2.58. The van der Waals surface area contributed by atoms with E-state index in [1.807, 2.05) is 30.4 Å². The normalized spacial score (nSPS) is 29.8. The second kappa shape index (κ2) is 8.44. The van der Waals surface area contributed by atoms with Crippen molar-refractivity contribution in [3.63, 3.8) is 0 Å². The van der Waals surface area contributed by atoms with E-state index < -0.39 is 5.97 Å². The maximum Gasteiger partial charge on any atom is 0.359 e. The number of carboxylic acid groups (broad SMARTS) is 1. The van der Waals surface area contributed by atoms with Gasteiger partial charge in [0.25, 0.3) is 0 Å². The number of nitrogens with one attached hydrogen (secondary N) is 2. The molecule has 0 amide bonds. The Kier molecular flexibility index (Phi) is 5.77. The van der Waals surface area contributed by atoms with Crippen molar-refractivity contribution in [2.45, 2.75) is 31.6 Å². The SMILES string of the molecule is CCOC(=O)c1n[nH]c2c1C[C@H]1[C@H](CSC)[C@@H]21.CSC[C@H]1[C@@H]2Cc3c(C(=O)O)n[nH]c3[C@H]12. The zero-order valence-electron chi connectivity index (χ0n) is 18.4. The van der Waals surface area contributed by atoms with Crippen molar-refractivity contribution in [2.75, 3.05) is 30.6 Å². The lowest BCUT2D eigenvalue weighted by atomic mass is 10.1. The Morgan fingerprint density at radius 1 is 0.969 bits per heavy atom. The van der Waals surface area contributed by atoms with Crippen molar-refractivity contribution < 1.29 is 19.4 Å². The van der Waals surface area contributed by atoms with Crippen LogP contribution in [0.4, 0.5) is 0 Å². The summed E-state index contributed by atoms with van der Waals surface area (Å²) in [6.07, 6.45) is 6.16. The quantitative estimate of drug-likeness (QED) is 0.521. The van der Waals surface area contributed by atoms with Gasteiger partial charge < -0.3 is 9.84 Å². The molecule has 0 saturated heterocycles. The highest BCUT2D eigenvalue weighted by Crippen LogP contribution is 2.62. The van der Waals surface area contributed by atoms with Crippen molar-refractivity contribution >= 4 is 35.5 Å². The first-order valence-corrected chi connectivity index (χ1v) is 13.8. The van der Waals surface area contributed by atoms with E-state index in [4.69, 9.17) is 9.84 Å². The molecule has 2 aromatic heterocycles. The number of thioether (sulfide) groups is 2. The summed E-state index contributed by atoms with van der Waals surface area (Å²) in [6.45, 7) is 2.22. The van der Waals surface area contributed by atoms with Crippen molar-refractivity contribution in [1.29, 1.82) is 0 Å². The van der Waals surface area contributed by atoms with Crippen molar-refractivity contribution in [2.24, 2.45) is 23.7 Å². The molecule has 4 aliphatic carbocycles. The number of aromatic carboxylic acids is 1. The second-order valence-electron chi connectivity index (χ2n) is 8.98. The van der Waals surface area contributed by atoms with Crippen LogP contribution in [-0.4, -0.2) is 68.1 Å². The molecule has 10 heteroatoms. The Morgan fingerprint density at radius 3 is 1.94 bits per heavy atom. The number of nitrogens with zero attached hydrogens (tertiary/aromatic N) is 2. The van der Waals surface area contributed by atoms with Crippen LogP contribution in [0, 0.1) is 23.7 Å². The third kappa shape index (κ3) is 3.46. The number of esters is 1. The Labute approximate surface area is 195 Å². The summed E-state index contributed by atoms with van der Waals surface area (Å²) in [4.78, 5) is 22.5. The molecule has 2 aromatic rings. The largest absolute Gasteiger partial charge is 0.476 e. The van der Waals surface area contributed by atoms with Crippen molar-refractivity contribution in [1.82, 2.24) is 20.4 Å². The maximum absolute atomic E-state index is 11.7. The van der Waals surface area contributed by atoms with Crippen molar-refractivity contribution in [3.8, 4) is 0 Å². The van der Waals surface area contributed by atoms with Crippen LogP contribution in [0.5, 0.6) is 0 Å². The first kappa shape index (κ1) is 21.9. The zero-order chi connectivity index (χ0) is 22.6. The van der Waals surface area contributed by atoms with Crippen LogP contribution in [0.2, 0.25) is 0 Å². The standard InChI is InChI=1S/C12H16N2O2S.C10H12N2O2S/c1-3-16-12(15)11-7-4-6-8(5-17-2)9(6)10(7)13-14-11;1-15-3-6-4-2-5-8(7(4)6)11-12-9(5)10(13)14/h6,8-9H,3-5H2,1-2H3,(H,13,14);4,6-7H,2-3H2,1H3,(H,11,12)(H,13,14)/t6-,8-,9-;4-,6-,7-/m00/s1. The van der Waals surface area contributed by atoms with Gasteiger partial charge in [-0.1, -0.05) is 0 Å². The lowest BCUT2D eigenvalue weighted by molar-refractivity contribution is 0.0517. The molecule has 0 aliphatic heterocycles. The number of aromatic amines is 2. The fourth-order valence-electron chi connectivity index (χ4n) is 5.88. The minimum atomic E-state index is -0.907. The number of carbonyl (C=O) groups is 2. The molecular weight excluding hydrogens is 448 g/mol. The third-order valence-electron chi connectivity index (χ3n) is 7.40. The lowest BCUT2D eigenvalue weighted by Gasteiger charge is -2.03. The number of carbonyl (C=O) groups excluding carboxylic acids is 1. The number of fused-ring (bicyclic) bond motifs is 6. The van der Waals surface area contributed by atoms with Crippen LogP contribution in [0.15, 0.2) is 0 Å². The Bertz CT molecular complexity index is 1050. The van der Waals surface area contributed by atoms with Crippen LogP contribution >= 0.6 is 23.5 Å². The monoisotopic (exact) mass is 476 g/mol. The number of rotatable bonds is 7. The van der Waals surface area contributed by atoms with E-state index in [2.05, 4.69) is 32.9 Å². The first-order chi connectivity index (χ1) is 15.5. The molecule has 0 aromatic carbocycles. The average Bonchev–Trinajstić information content (AvgIpc) is 3.27. The van der Waals surface area contributed by atoms with Gasteiger partial charge in [-0.25, -0.2) is 9.59 Å². The number of carboxylic acids is 1. The molecule has 6 rings (SSSR count). The number of H-pyrrole nitrogens is 2. The summed E-state index contributed by atoms with van der Waals surface area (Å²) in [5, 5.41) is 22.9. The summed E-state index contributed by atoms with van der Waals surface area (Å²) >= 11 is 3.77. The number of ether oxygens (including phenoxy) is 1. The molecule has 32 heavy (non-hydrogen) atoms. The smallest absolute Gasteiger partial charge is 0.359 e. The van der Waals surface area contributed by atoms with Gasteiger partial charge in [-0.05, 0) is 67.5 Å². The molecule has 0 spiro atoms. The lowest BCUT2D eigenvalue weighted by Crippen LogP contribution is -2.08. The Morgan fingerprint density at radius 2 is 1.47 bits per heavy atom. The van der Waals surface area contributed by atoms with E-state index in [0.717, 1.165) is 47.4 Å². The highest BCUT2D eigenvalue weighted by molar-refractivity contribution is 7.98. The van der Waals surface area contributed by atoms with Gasteiger partial charge >= 0.3 is 11.9 Å². The zero-order valence-corrected chi connectivity index (χ0v) is 20.0. The highest BCUT2D eigenvalue weighted by atomic mass is 32.2. The van der Waals surface area contributed by atoms with E-state index in [9.17, 15) is 9.59 Å². The van der Waals surface area contributed by atoms with E-state index in [-0.39, 0.29) is 11.7 Å². The number of hydrogen-bond acceptors (Lipinski definition) is 7. The molecule has 6 atom stereocenters. The van der Waals surface area contributed by atoms with Gasteiger partial charge in [0, 0.05) is 34.4 Å². The topological polar surface area (TPSA) is 121 Å². The predicted molar refractivity (Wildman–Crippen MR) is 124 cm³/mol. The summed E-state index contributed by atoms with van der Waals surface area (Å²) in [7, 11) is 0. The van der Waals surface area contributed by atoms with Crippen molar-refractivity contribution in [3.05, 3.63) is 33.9 Å². The predicted octanol–water partition coefficient (Wildman–Crippen LogP) is 3.19.